The zero-order chi connectivity index (χ0) is 74.0. The van der Waals surface area contributed by atoms with Crippen LogP contribution >= 0.6 is 132 Å². The second kappa shape index (κ2) is 43.4. The van der Waals surface area contributed by atoms with Crippen LogP contribution in [0.5, 0.6) is 0 Å². The highest BCUT2D eigenvalue weighted by atomic mass is 79.9. The average molecular weight is 1640 g/mol. The van der Waals surface area contributed by atoms with Gasteiger partial charge in [-0.1, -0.05) is 177 Å². The SMILES string of the molecule is CC(C)(C)OC(=O)[n+]1c(NCc2ccc(Cl)cc2)ccc(C=O)c1Cl.Clc1ccc(CNc2ccc(Br)c(Cl)n2)cc1.Clc1ccc(CNc2cccc(Cl)n2)cc1.Nc1cccc(Cl)n1.O=Cc1ccc(Cl)cc1.O=Cc1ccc(NCc2ccc(Cl)cc2)nc1Cl.c1cnc2[nH]ccc2c1. The number of fused-ring (bicyclic) bond motifs is 1. The summed E-state index contributed by atoms with van der Waals surface area (Å²) in [4.78, 5) is 67.5. The lowest BCUT2D eigenvalue weighted by Crippen LogP contribution is -2.50. The number of hydrogen-bond acceptors (Lipinski definition) is 15. The van der Waals surface area contributed by atoms with Gasteiger partial charge in [-0.25, -0.2) is 24.9 Å². The molecule has 0 amide bonds. The van der Waals surface area contributed by atoms with Gasteiger partial charge >= 0.3 is 6.09 Å². The normalized spacial score (nSPS) is 10.2. The van der Waals surface area contributed by atoms with Crippen LogP contribution in [0.2, 0.25) is 50.9 Å². The Balaban J connectivity index is 0.000000193. The van der Waals surface area contributed by atoms with Crippen LogP contribution in [-0.2, 0) is 30.9 Å². The minimum absolute atomic E-state index is 0.00893. The lowest BCUT2D eigenvalue weighted by atomic mass is 10.2. The lowest BCUT2D eigenvalue weighted by Gasteiger charge is -2.19. The number of nitrogen functional groups attached to an aromatic ring is 1. The summed E-state index contributed by atoms with van der Waals surface area (Å²) < 4.78 is 7.31. The second-order valence-electron chi connectivity index (χ2n) is 21.8. The van der Waals surface area contributed by atoms with E-state index in [0.29, 0.717) is 97.9 Å². The molecule has 0 radical (unpaired) electrons. The number of nitrogens with zero attached hydrogens (tertiary/aromatic N) is 6. The number of anilines is 5. The van der Waals surface area contributed by atoms with Gasteiger partial charge in [-0.3, -0.25) is 19.7 Å². The molecule has 0 fully saturated rings. The fourth-order valence-electron chi connectivity index (χ4n) is 7.94. The first-order chi connectivity index (χ1) is 48.9. The number of benzene rings is 5. The summed E-state index contributed by atoms with van der Waals surface area (Å²) in [6, 6.07) is 63.6. The molecule has 7 heterocycles. The number of aromatic amines is 1. The van der Waals surface area contributed by atoms with Crippen LogP contribution < -0.4 is 31.6 Å². The molecule has 12 rings (SSSR count). The molecule has 0 saturated carbocycles. The van der Waals surface area contributed by atoms with Gasteiger partial charge in [-0.05, 0) is 204 Å². The number of ether oxygens (including phenoxy) is 1. The summed E-state index contributed by atoms with van der Waals surface area (Å²) >= 11 is 61.3. The molecule has 0 spiro atoms. The maximum Gasteiger partial charge on any atom is 0.513 e. The molecule has 0 saturated heterocycles. The highest BCUT2D eigenvalue weighted by Crippen LogP contribution is 2.24. The number of rotatable bonds is 15. The van der Waals surface area contributed by atoms with Gasteiger partial charge in [0.2, 0.25) is 5.15 Å². The molecule has 17 nitrogen and oxygen atoms in total. The van der Waals surface area contributed by atoms with E-state index in [1.807, 2.05) is 134 Å². The predicted molar refractivity (Wildman–Crippen MR) is 421 cm³/mol. The van der Waals surface area contributed by atoms with Gasteiger partial charge in [0.25, 0.3) is 5.82 Å². The van der Waals surface area contributed by atoms with Crippen molar-refractivity contribution in [2.45, 2.75) is 52.6 Å². The predicted octanol–water partition coefficient (Wildman–Crippen LogP) is 22.1. The van der Waals surface area contributed by atoms with Gasteiger partial charge in [-0.15, -0.1) is 4.57 Å². The summed E-state index contributed by atoms with van der Waals surface area (Å²) in [5.74, 6) is 3.01. The second-order valence-corrected chi connectivity index (χ2v) is 26.7. The fourth-order valence-corrected chi connectivity index (χ4v) is 9.75. The maximum absolute atomic E-state index is 12.5. The number of carbonyl (C=O) groups is 4. The number of aromatic nitrogens is 7. The van der Waals surface area contributed by atoms with Crippen LogP contribution in [0.1, 0.15) is 74.1 Å². The largest absolute Gasteiger partial charge is 0.513 e. The Hall–Kier alpha value is -8.60. The fraction of sp³-hybridized carbons (Fsp3) is 0.108. The van der Waals surface area contributed by atoms with E-state index < -0.39 is 11.7 Å². The van der Waals surface area contributed by atoms with Crippen molar-refractivity contribution in [3.8, 4) is 0 Å². The number of nitrogens with two attached hydrogens (primary N) is 1. The minimum Gasteiger partial charge on any atom is -0.425 e. The highest BCUT2D eigenvalue weighted by molar-refractivity contribution is 9.10. The van der Waals surface area contributed by atoms with Crippen molar-refractivity contribution in [1.82, 2.24) is 29.9 Å². The van der Waals surface area contributed by atoms with Crippen LogP contribution in [0, 0.1) is 0 Å². The summed E-state index contributed by atoms with van der Waals surface area (Å²) in [6.45, 7) is 7.70. The molecule has 5 aromatic carbocycles. The first-order valence-corrected chi connectivity index (χ1v) is 34.8. The Morgan fingerprint density at radius 3 is 1.34 bits per heavy atom. The van der Waals surface area contributed by atoms with E-state index >= 15 is 0 Å². The Labute approximate surface area is 648 Å². The summed E-state index contributed by atoms with van der Waals surface area (Å²) in [5.41, 5.74) is 11.1. The van der Waals surface area contributed by atoms with Crippen LogP contribution in [0.3, 0.4) is 0 Å². The van der Waals surface area contributed by atoms with E-state index in [9.17, 15) is 19.2 Å². The Kier molecular flexibility index (Phi) is 35.0. The minimum atomic E-state index is -0.696. The van der Waals surface area contributed by atoms with Crippen molar-refractivity contribution in [2.24, 2.45) is 0 Å². The van der Waals surface area contributed by atoms with Gasteiger partial charge < -0.3 is 31.4 Å². The molecule has 526 valence electrons. The van der Waals surface area contributed by atoms with Crippen molar-refractivity contribution in [3.63, 3.8) is 0 Å². The summed E-state index contributed by atoms with van der Waals surface area (Å²) in [5, 5.41) is 18.8. The monoisotopic (exact) mass is 1630 g/mol. The number of halogens is 11. The maximum atomic E-state index is 12.5. The third-order valence-corrected chi connectivity index (χ3v) is 16.5. The molecule has 102 heavy (non-hydrogen) atoms. The van der Waals surface area contributed by atoms with Crippen molar-refractivity contribution >= 4 is 197 Å². The van der Waals surface area contributed by atoms with Crippen LogP contribution in [0.25, 0.3) is 11.0 Å². The molecule has 0 atom stereocenters. The summed E-state index contributed by atoms with van der Waals surface area (Å²) in [6.07, 6.45) is 5.05. The zero-order valence-electron chi connectivity index (χ0n) is 54.4. The van der Waals surface area contributed by atoms with Crippen LogP contribution in [0.15, 0.2) is 229 Å². The van der Waals surface area contributed by atoms with Gasteiger partial charge in [0, 0.05) is 74.2 Å². The van der Waals surface area contributed by atoms with Gasteiger partial charge in [-0.2, -0.15) is 4.79 Å². The van der Waals surface area contributed by atoms with Crippen molar-refractivity contribution < 1.29 is 28.5 Å². The third kappa shape index (κ3) is 30.5. The van der Waals surface area contributed by atoms with Gasteiger partial charge in [0.05, 0.1) is 15.6 Å². The van der Waals surface area contributed by atoms with Gasteiger partial charge in [0.1, 0.15) is 68.0 Å². The van der Waals surface area contributed by atoms with E-state index in [-0.39, 0.29) is 15.9 Å². The molecular weight excluding hydrogens is 1570 g/mol. The number of hydrogen-bond donors (Lipinski definition) is 6. The molecule has 7 N–H and O–H groups in total. The topological polar surface area (TPSA) is 236 Å². The van der Waals surface area contributed by atoms with E-state index in [4.69, 9.17) is 126 Å². The molecule has 0 aliphatic carbocycles. The van der Waals surface area contributed by atoms with E-state index in [1.165, 1.54) is 0 Å². The smallest absolute Gasteiger partial charge is 0.425 e. The third-order valence-electron chi connectivity index (χ3n) is 12.9. The quantitative estimate of drug-likeness (QED) is 0.0318. The highest BCUT2D eigenvalue weighted by Gasteiger charge is 2.29. The number of nitrogens with one attached hydrogen (secondary N) is 5. The van der Waals surface area contributed by atoms with Crippen LogP contribution in [0.4, 0.5) is 33.9 Å². The Bertz CT molecular complexity index is 4580. The average Bonchev–Trinajstić information content (AvgIpc) is 0.995. The molecule has 0 aliphatic rings. The van der Waals surface area contributed by atoms with Crippen molar-refractivity contribution in [2.75, 3.05) is 27.0 Å². The molecular formula is C74H64BrCl10N12O5+. The van der Waals surface area contributed by atoms with Crippen molar-refractivity contribution in [1.29, 1.82) is 0 Å². The number of carbonyl (C=O) groups excluding carboxylic acids is 4. The van der Waals surface area contributed by atoms with Gasteiger partial charge in [0.15, 0.2) is 12.6 Å². The van der Waals surface area contributed by atoms with Crippen molar-refractivity contribution in [3.05, 3.63) is 319 Å². The van der Waals surface area contributed by atoms with Crippen LogP contribution in [-0.4, -0.2) is 60.5 Å². The zero-order valence-corrected chi connectivity index (χ0v) is 63.5. The van der Waals surface area contributed by atoms with E-state index in [1.54, 1.807) is 112 Å². The molecule has 7 aromatic heterocycles. The number of H-pyrrole nitrogens is 1. The first kappa shape index (κ1) is 82.4. The molecule has 0 unspecified atom stereocenters. The number of aldehydes is 3. The molecule has 12 aromatic rings. The molecule has 0 aliphatic heterocycles. The van der Waals surface area contributed by atoms with E-state index in [0.717, 1.165) is 70.3 Å². The standard InChI is InChI=1S/C18H18Cl2N2O3.C13H10Cl2N2O.C12H9BrCl2N2.C12H10Cl2N2.C7H5ClO.C7H6N2.C5H5ClN2/c1-18(2,3)25-17(24)22-15(9-6-13(11-23)16(22)20)21-10-12-4-7-14(19)8-5-12;14-11-4-1-9(2-5-11)7-16-12-6-3-10(8-18)13(15)17-12;13-10-5-6-11(17-12(10)15)16-7-8-1-3-9(14)4-2-8;13-10-6-4-9(5-7-10)8-15-12-3-1-2-11(14)16-12;8-7-3-1-6(5-9)2-4-7;1-2-6-3-5-9-7(6)8-4-1;6-4-2-1-3-5(7)8-4/h4-9,11H,10H2,1-3H3;1-6,8H,7H2,(H,16,17);1-6H,7H2,(H,16,17);1-7H,8H2,(H,15,16);1-5H;1-5H,(H,8,9);1-3H,(H2,7,8)/p+1. The molecule has 0 bridgehead atoms. The lowest BCUT2D eigenvalue weighted by molar-refractivity contribution is -0.571. The Morgan fingerprint density at radius 1 is 0.480 bits per heavy atom. The number of pyridine rings is 6. The molecule has 28 heteroatoms. The first-order valence-electron chi connectivity index (χ1n) is 30.3. The summed E-state index contributed by atoms with van der Waals surface area (Å²) in [7, 11) is 0. The Morgan fingerprint density at radius 2 is 0.922 bits per heavy atom. The van der Waals surface area contributed by atoms with E-state index in [2.05, 4.69) is 67.1 Å².